The van der Waals surface area contributed by atoms with E-state index in [-0.39, 0.29) is 11.8 Å². The van der Waals surface area contributed by atoms with Gasteiger partial charge in [0, 0.05) is 24.7 Å². The maximum atomic E-state index is 12.4. The van der Waals surface area contributed by atoms with E-state index in [1.54, 1.807) is 18.2 Å². The van der Waals surface area contributed by atoms with E-state index >= 15 is 0 Å². The van der Waals surface area contributed by atoms with Crippen LogP contribution in [0.2, 0.25) is 0 Å². The van der Waals surface area contributed by atoms with Crippen LogP contribution in [0.15, 0.2) is 115 Å². The summed E-state index contributed by atoms with van der Waals surface area (Å²) in [5, 5.41) is 5.81. The van der Waals surface area contributed by atoms with Gasteiger partial charge in [-0.3, -0.25) is 9.59 Å². The lowest BCUT2D eigenvalue weighted by molar-refractivity contribution is -0.116. The highest BCUT2D eigenvalue weighted by Crippen LogP contribution is 2.22. The Balaban J connectivity index is 1.22. The summed E-state index contributed by atoms with van der Waals surface area (Å²) < 4.78 is 5.84. The molecule has 0 aliphatic rings. The van der Waals surface area contributed by atoms with E-state index in [0.29, 0.717) is 24.4 Å². The third-order valence-corrected chi connectivity index (χ3v) is 5.49. The number of amides is 2. The SMILES string of the molecule is O=C(/C=C/c1cccc(Oc2ccccc2)c1)NCc1ccc(C(=O)NCCc2ccccc2)cc1. The van der Waals surface area contributed by atoms with Crippen molar-refractivity contribution in [3.8, 4) is 11.5 Å². The Morgan fingerprint density at radius 1 is 0.694 bits per heavy atom. The Hall–Kier alpha value is -4.64. The number of carbonyl (C=O) groups excluding carboxylic acids is 2. The Labute approximate surface area is 211 Å². The van der Waals surface area contributed by atoms with E-state index in [2.05, 4.69) is 10.6 Å². The number of rotatable bonds is 10. The lowest BCUT2D eigenvalue weighted by Crippen LogP contribution is -2.25. The third kappa shape index (κ3) is 7.71. The zero-order chi connectivity index (χ0) is 25.0. The number of para-hydroxylation sites is 1. The first-order chi connectivity index (χ1) is 17.7. The zero-order valence-corrected chi connectivity index (χ0v) is 19.9. The first-order valence-corrected chi connectivity index (χ1v) is 11.9. The van der Waals surface area contributed by atoms with Crippen LogP contribution in [0.1, 0.15) is 27.0 Å². The summed E-state index contributed by atoms with van der Waals surface area (Å²) in [6.07, 6.45) is 4.03. The highest BCUT2D eigenvalue weighted by atomic mass is 16.5. The first-order valence-electron chi connectivity index (χ1n) is 11.9. The maximum absolute atomic E-state index is 12.4. The molecule has 2 N–H and O–H groups in total. The molecule has 0 radical (unpaired) electrons. The highest BCUT2D eigenvalue weighted by molar-refractivity contribution is 5.94. The topological polar surface area (TPSA) is 67.4 Å². The molecule has 0 aliphatic heterocycles. The monoisotopic (exact) mass is 476 g/mol. The van der Waals surface area contributed by atoms with Crippen molar-refractivity contribution in [1.82, 2.24) is 10.6 Å². The molecule has 0 heterocycles. The van der Waals surface area contributed by atoms with Crippen molar-refractivity contribution in [1.29, 1.82) is 0 Å². The number of hydrogen-bond acceptors (Lipinski definition) is 3. The first kappa shape index (κ1) is 24.5. The van der Waals surface area contributed by atoms with Crippen LogP contribution in [0.3, 0.4) is 0 Å². The van der Waals surface area contributed by atoms with Crippen LogP contribution in [0.5, 0.6) is 11.5 Å². The summed E-state index contributed by atoms with van der Waals surface area (Å²) in [4.78, 5) is 24.6. The zero-order valence-electron chi connectivity index (χ0n) is 19.9. The van der Waals surface area contributed by atoms with E-state index < -0.39 is 0 Å². The minimum Gasteiger partial charge on any atom is -0.457 e. The predicted molar refractivity (Wildman–Crippen MR) is 143 cm³/mol. The van der Waals surface area contributed by atoms with Crippen LogP contribution in [0, 0.1) is 0 Å². The summed E-state index contributed by atoms with van der Waals surface area (Å²) in [5.74, 6) is 1.15. The van der Waals surface area contributed by atoms with Gasteiger partial charge in [0.05, 0.1) is 0 Å². The predicted octanol–water partition coefficient (Wildman–Crippen LogP) is 5.78. The third-order valence-electron chi connectivity index (χ3n) is 5.49. The second-order valence-corrected chi connectivity index (χ2v) is 8.23. The minimum atomic E-state index is -0.202. The Morgan fingerprint density at radius 3 is 2.14 bits per heavy atom. The van der Waals surface area contributed by atoms with E-state index in [9.17, 15) is 9.59 Å². The van der Waals surface area contributed by atoms with Gasteiger partial charge in [-0.05, 0) is 65.6 Å². The van der Waals surface area contributed by atoms with Crippen molar-refractivity contribution >= 4 is 17.9 Å². The average molecular weight is 477 g/mol. The molecule has 5 nitrogen and oxygen atoms in total. The number of carbonyl (C=O) groups is 2. The second kappa shape index (κ2) is 12.7. The smallest absolute Gasteiger partial charge is 0.251 e. The van der Waals surface area contributed by atoms with Gasteiger partial charge in [0.25, 0.3) is 5.91 Å². The molecular weight excluding hydrogens is 448 g/mol. The van der Waals surface area contributed by atoms with Crippen molar-refractivity contribution in [2.45, 2.75) is 13.0 Å². The number of benzene rings is 4. The molecule has 2 amide bonds. The van der Waals surface area contributed by atoms with Crippen LogP contribution in [-0.4, -0.2) is 18.4 Å². The molecule has 0 saturated heterocycles. The molecule has 0 saturated carbocycles. The van der Waals surface area contributed by atoms with Gasteiger partial charge >= 0.3 is 0 Å². The fraction of sp³-hybridized carbons (Fsp3) is 0.0968. The maximum Gasteiger partial charge on any atom is 0.251 e. The molecule has 5 heteroatoms. The van der Waals surface area contributed by atoms with Gasteiger partial charge in [0.1, 0.15) is 11.5 Å². The van der Waals surface area contributed by atoms with Crippen LogP contribution >= 0.6 is 0 Å². The highest BCUT2D eigenvalue weighted by Gasteiger charge is 2.05. The van der Waals surface area contributed by atoms with Gasteiger partial charge in [0.2, 0.25) is 5.91 Å². The molecule has 4 rings (SSSR count). The van der Waals surface area contributed by atoms with Crippen LogP contribution in [0.4, 0.5) is 0 Å². The van der Waals surface area contributed by atoms with Crippen molar-refractivity contribution in [2.75, 3.05) is 6.54 Å². The molecule has 0 unspecified atom stereocenters. The molecule has 0 atom stereocenters. The summed E-state index contributed by atoms with van der Waals surface area (Å²) in [6, 6.07) is 34.4. The Bertz CT molecular complexity index is 1300. The molecule has 36 heavy (non-hydrogen) atoms. The molecule has 4 aromatic rings. The average Bonchev–Trinajstić information content (AvgIpc) is 2.92. The largest absolute Gasteiger partial charge is 0.457 e. The molecule has 4 aromatic carbocycles. The van der Waals surface area contributed by atoms with Crippen LogP contribution in [0.25, 0.3) is 6.08 Å². The van der Waals surface area contributed by atoms with Gasteiger partial charge in [-0.2, -0.15) is 0 Å². The van der Waals surface area contributed by atoms with Crippen LogP contribution in [-0.2, 0) is 17.8 Å². The van der Waals surface area contributed by atoms with Gasteiger partial charge in [-0.1, -0.05) is 72.8 Å². The molecule has 0 spiro atoms. The molecule has 0 aliphatic carbocycles. The number of ether oxygens (including phenoxy) is 1. The summed E-state index contributed by atoms with van der Waals surface area (Å²) >= 11 is 0. The molecular formula is C31H28N2O3. The van der Waals surface area contributed by atoms with Gasteiger partial charge in [-0.15, -0.1) is 0 Å². The van der Waals surface area contributed by atoms with Crippen molar-refractivity contribution in [3.05, 3.63) is 138 Å². The molecule has 180 valence electrons. The molecule has 0 bridgehead atoms. The van der Waals surface area contributed by atoms with E-state index in [0.717, 1.165) is 23.3 Å². The van der Waals surface area contributed by atoms with E-state index in [1.807, 2.05) is 97.1 Å². The number of hydrogen-bond donors (Lipinski definition) is 2. The minimum absolute atomic E-state index is 0.108. The quantitative estimate of drug-likeness (QED) is 0.285. The molecule has 0 fully saturated rings. The van der Waals surface area contributed by atoms with Crippen molar-refractivity contribution in [3.63, 3.8) is 0 Å². The number of nitrogens with one attached hydrogen (secondary N) is 2. The summed E-state index contributed by atoms with van der Waals surface area (Å²) in [5.41, 5.74) is 3.55. The Morgan fingerprint density at radius 2 is 1.39 bits per heavy atom. The normalized spacial score (nSPS) is 10.7. The van der Waals surface area contributed by atoms with Gasteiger partial charge in [-0.25, -0.2) is 0 Å². The standard InChI is InChI=1S/C31H28N2O3/c34-30(19-16-25-10-7-13-29(22-25)36-28-11-5-2-6-12-28)33-23-26-14-17-27(18-15-26)31(35)32-21-20-24-8-3-1-4-9-24/h1-19,22H,20-21,23H2,(H,32,35)(H,33,34)/b19-16+. The fourth-order valence-electron chi connectivity index (χ4n) is 3.57. The van der Waals surface area contributed by atoms with Crippen molar-refractivity contribution in [2.24, 2.45) is 0 Å². The Kier molecular flexibility index (Phi) is 8.65. The van der Waals surface area contributed by atoms with Gasteiger partial charge in [0.15, 0.2) is 0 Å². The summed E-state index contributed by atoms with van der Waals surface area (Å²) in [6.45, 7) is 0.949. The second-order valence-electron chi connectivity index (χ2n) is 8.23. The summed E-state index contributed by atoms with van der Waals surface area (Å²) in [7, 11) is 0. The van der Waals surface area contributed by atoms with Gasteiger partial charge < -0.3 is 15.4 Å². The lowest BCUT2D eigenvalue weighted by atomic mass is 10.1. The fourth-order valence-corrected chi connectivity index (χ4v) is 3.57. The molecule has 0 aromatic heterocycles. The lowest BCUT2D eigenvalue weighted by Gasteiger charge is -2.07. The van der Waals surface area contributed by atoms with Crippen molar-refractivity contribution < 1.29 is 14.3 Å². The van der Waals surface area contributed by atoms with E-state index in [1.165, 1.54) is 11.6 Å². The van der Waals surface area contributed by atoms with E-state index in [4.69, 9.17) is 4.74 Å². The van der Waals surface area contributed by atoms with Crippen LogP contribution < -0.4 is 15.4 Å².